The predicted octanol–water partition coefficient (Wildman–Crippen LogP) is 2.71. The first kappa shape index (κ1) is 22.2. The van der Waals surface area contributed by atoms with Crippen LogP contribution in [0, 0.1) is 11.8 Å². The van der Waals surface area contributed by atoms with Gasteiger partial charge < -0.3 is 19.3 Å². The van der Waals surface area contributed by atoms with Crippen LogP contribution in [0.15, 0.2) is 0 Å². The molecule has 0 saturated carbocycles. The first-order chi connectivity index (χ1) is 13.1. The number of methoxy groups -OCH3 is 2. The first-order valence-electron chi connectivity index (χ1n) is 10.7. The molecule has 0 spiro atoms. The minimum atomic E-state index is -0.103. The van der Waals surface area contributed by atoms with Gasteiger partial charge in [-0.3, -0.25) is 9.59 Å². The number of hydrogen-bond acceptors (Lipinski definition) is 6. The lowest BCUT2D eigenvalue weighted by Gasteiger charge is -2.33. The van der Waals surface area contributed by atoms with E-state index in [0.717, 1.165) is 51.1 Å². The van der Waals surface area contributed by atoms with Crippen molar-refractivity contribution in [3.8, 4) is 0 Å². The second-order valence-corrected chi connectivity index (χ2v) is 8.15. The van der Waals surface area contributed by atoms with Gasteiger partial charge >= 0.3 is 11.9 Å². The van der Waals surface area contributed by atoms with Gasteiger partial charge in [-0.2, -0.15) is 0 Å². The fourth-order valence-electron chi connectivity index (χ4n) is 4.40. The van der Waals surface area contributed by atoms with Crippen LogP contribution in [0.2, 0.25) is 0 Å². The molecule has 0 aromatic heterocycles. The van der Waals surface area contributed by atoms with Crippen molar-refractivity contribution in [2.24, 2.45) is 11.8 Å². The summed E-state index contributed by atoms with van der Waals surface area (Å²) in [6.45, 7) is 6.18. The third kappa shape index (κ3) is 8.60. The molecule has 2 heterocycles. The zero-order valence-corrected chi connectivity index (χ0v) is 17.3. The molecule has 6 heteroatoms. The number of hydrogen-bond donors (Lipinski definition) is 0. The lowest BCUT2D eigenvalue weighted by atomic mass is 9.87. The molecule has 27 heavy (non-hydrogen) atoms. The van der Waals surface area contributed by atoms with Crippen LogP contribution in [0.1, 0.15) is 57.8 Å². The molecule has 0 aliphatic carbocycles. The normalized spacial score (nSPS) is 20.5. The quantitative estimate of drug-likeness (QED) is 0.542. The minimum Gasteiger partial charge on any atom is -0.469 e. The number of esters is 2. The number of nitrogens with zero attached hydrogens (tertiary/aromatic N) is 2. The van der Waals surface area contributed by atoms with Gasteiger partial charge in [-0.15, -0.1) is 0 Å². The molecule has 0 unspecified atom stereocenters. The Bertz CT molecular complexity index is 401. The number of rotatable bonds is 10. The van der Waals surface area contributed by atoms with E-state index in [4.69, 9.17) is 9.47 Å². The molecule has 0 N–H and O–H groups in total. The molecular formula is C21H38N2O4. The predicted molar refractivity (Wildman–Crippen MR) is 105 cm³/mol. The van der Waals surface area contributed by atoms with Crippen LogP contribution in [0.25, 0.3) is 0 Å². The van der Waals surface area contributed by atoms with Crippen LogP contribution in [0.5, 0.6) is 0 Å². The second kappa shape index (κ2) is 12.3. The Morgan fingerprint density at radius 1 is 0.741 bits per heavy atom. The molecule has 0 aromatic rings. The van der Waals surface area contributed by atoms with Gasteiger partial charge in [0.25, 0.3) is 0 Å². The summed E-state index contributed by atoms with van der Waals surface area (Å²) in [5, 5.41) is 0. The summed E-state index contributed by atoms with van der Waals surface area (Å²) in [5.41, 5.74) is 0. The van der Waals surface area contributed by atoms with Gasteiger partial charge in [-0.1, -0.05) is 19.3 Å². The third-order valence-electron chi connectivity index (χ3n) is 6.36. The van der Waals surface area contributed by atoms with Crippen molar-refractivity contribution in [2.45, 2.75) is 57.8 Å². The monoisotopic (exact) mass is 382 g/mol. The lowest BCUT2D eigenvalue weighted by molar-refractivity contribution is -0.141. The largest absolute Gasteiger partial charge is 0.469 e. The van der Waals surface area contributed by atoms with E-state index < -0.39 is 0 Å². The molecule has 0 radical (unpaired) electrons. The summed E-state index contributed by atoms with van der Waals surface area (Å²) in [6, 6.07) is 0. The molecule has 2 saturated heterocycles. The Kier molecular flexibility index (Phi) is 10.1. The third-order valence-corrected chi connectivity index (χ3v) is 6.36. The molecule has 2 fully saturated rings. The average molecular weight is 383 g/mol. The zero-order valence-electron chi connectivity index (χ0n) is 17.3. The highest BCUT2D eigenvalue weighted by atomic mass is 16.5. The Hall–Kier alpha value is -1.14. The maximum absolute atomic E-state index is 11.2. The Labute approximate surface area is 164 Å². The number of carbonyl (C=O) groups is 2. The van der Waals surface area contributed by atoms with Crippen LogP contribution in [0.3, 0.4) is 0 Å². The highest BCUT2D eigenvalue weighted by molar-refractivity contribution is 5.69. The summed E-state index contributed by atoms with van der Waals surface area (Å²) in [5.74, 6) is 1.51. The molecule has 0 bridgehead atoms. The smallest absolute Gasteiger partial charge is 0.306 e. The Morgan fingerprint density at radius 3 is 1.44 bits per heavy atom. The zero-order chi connectivity index (χ0) is 19.5. The van der Waals surface area contributed by atoms with Gasteiger partial charge in [0.15, 0.2) is 0 Å². The topological polar surface area (TPSA) is 59.1 Å². The van der Waals surface area contributed by atoms with E-state index in [1.807, 2.05) is 0 Å². The molecule has 0 atom stereocenters. The summed E-state index contributed by atoms with van der Waals surface area (Å²) in [7, 11) is 2.92. The maximum atomic E-state index is 11.2. The van der Waals surface area contributed by atoms with Crippen LogP contribution in [-0.2, 0) is 19.1 Å². The average Bonchev–Trinajstić information content (AvgIpc) is 2.72. The van der Waals surface area contributed by atoms with Gasteiger partial charge in [0.2, 0.25) is 0 Å². The van der Waals surface area contributed by atoms with Crippen molar-refractivity contribution in [1.29, 1.82) is 0 Å². The van der Waals surface area contributed by atoms with E-state index in [0.29, 0.717) is 12.8 Å². The highest BCUT2D eigenvalue weighted by Gasteiger charge is 2.22. The van der Waals surface area contributed by atoms with Crippen LogP contribution in [0.4, 0.5) is 0 Å². The highest BCUT2D eigenvalue weighted by Crippen LogP contribution is 2.27. The number of piperidine rings is 2. The van der Waals surface area contributed by atoms with E-state index in [1.54, 1.807) is 0 Å². The van der Waals surface area contributed by atoms with E-state index in [2.05, 4.69) is 9.80 Å². The summed E-state index contributed by atoms with van der Waals surface area (Å²) in [4.78, 5) is 27.3. The summed E-state index contributed by atoms with van der Waals surface area (Å²) < 4.78 is 9.44. The molecule has 2 rings (SSSR count). The van der Waals surface area contributed by atoms with Gasteiger partial charge in [-0.05, 0) is 63.7 Å². The first-order valence-corrected chi connectivity index (χ1v) is 10.7. The van der Waals surface area contributed by atoms with Gasteiger partial charge in [0.05, 0.1) is 27.1 Å². The van der Waals surface area contributed by atoms with Crippen molar-refractivity contribution >= 4 is 11.9 Å². The molecule has 2 aliphatic rings. The van der Waals surface area contributed by atoms with Crippen LogP contribution in [-0.4, -0.2) is 75.2 Å². The SMILES string of the molecule is COC(=O)CCN1CCC(CCCC2CCN(CCC(=O)OC)CC2)CC1. The summed E-state index contributed by atoms with van der Waals surface area (Å²) in [6.07, 6.45) is 10.2. The number of likely N-dealkylation sites (tertiary alicyclic amines) is 2. The molecule has 6 nitrogen and oxygen atoms in total. The van der Waals surface area contributed by atoms with Crippen molar-refractivity contribution in [3.63, 3.8) is 0 Å². The van der Waals surface area contributed by atoms with E-state index in [-0.39, 0.29) is 11.9 Å². The van der Waals surface area contributed by atoms with Crippen LogP contribution < -0.4 is 0 Å². The van der Waals surface area contributed by atoms with Gasteiger partial charge in [0, 0.05) is 13.1 Å². The summed E-state index contributed by atoms with van der Waals surface area (Å²) >= 11 is 0. The molecular weight excluding hydrogens is 344 g/mol. The van der Waals surface area contributed by atoms with Gasteiger partial charge in [-0.25, -0.2) is 0 Å². The molecule has 156 valence electrons. The Balaban J connectivity index is 1.49. The van der Waals surface area contributed by atoms with Gasteiger partial charge in [0.1, 0.15) is 0 Å². The Morgan fingerprint density at radius 2 is 1.11 bits per heavy atom. The number of ether oxygens (including phenoxy) is 2. The second-order valence-electron chi connectivity index (χ2n) is 8.15. The van der Waals surface area contributed by atoms with Crippen LogP contribution >= 0.6 is 0 Å². The number of carbonyl (C=O) groups excluding carboxylic acids is 2. The fraction of sp³-hybridized carbons (Fsp3) is 0.905. The fourth-order valence-corrected chi connectivity index (χ4v) is 4.40. The standard InChI is InChI=1S/C21H38N2O4/c1-26-20(24)10-16-22-12-6-18(7-13-22)4-3-5-19-8-14-23(15-9-19)17-11-21(25)27-2/h18-19H,3-17H2,1-2H3. The van der Waals surface area contributed by atoms with E-state index >= 15 is 0 Å². The lowest BCUT2D eigenvalue weighted by Crippen LogP contribution is -2.36. The molecule has 2 aliphatic heterocycles. The molecule has 0 amide bonds. The maximum Gasteiger partial charge on any atom is 0.306 e. The van der Waals surface area contributed by atoms with Crippen molar-refractivity contribution in [2.75, 3.05) is 53.5 Å². The van der Waals surface area contributed by atoms with Crippen molar-refractivity contribution < 1.29 is 19.1 Å². The minimum absolute atomic E-state index is 0.103. The molecule has 0 aromatic carbocycles. The van der Waals surface area contributed by atoms with E-state index in [1.165, 1.54) is 59.2 Å². The van der Waals surface area contributed by atoms with E-state index in [9.17, 15) is 9.59 Å². The van der Waals surface area contributed by atoms with Crippen molar-refractivity contribution in [1.82, 2.24) is 9.80 Å². The van der Waals surface area contributed by atoms with Crippen molar-refractivity contribution in [3.05, 3.63) is 0 Å².